The Morgan fingerprint density at radius 3 is 2.79 bits per heavy atom. The number of nitrogens with zero attached hydrogens (tertiary/aromatic N) is 2. The number of rotatable bonds is 7. The van der Waals surface area contributed by atoms with Crippen molar-refractivity contribution in [3.8, 4) is 6.07 Å². The quantitative estimate of drug-likeness (QED) is 0.398. The molecule has 3 N–H and O–H groups in total. The zero-order chi connectivity index (χ0) is 24.4. The lowest BCUT2D eigenvalue weighted by molar-refractivity contribution is 0.0963. The van der Waals surface area contributed by atoms with Crippen molar-refractivity contribution in [1.29, 1.82) is 5.26 Å². The maximum absolute atomic E-state index is 13.6. The number of carbonyl (C=O) groups is 1. The average Bonchev–Trinajstić information content (AvgIpc) is 3.01. The number of unbranched alkanes of at least 4 members (excludes halogenated alkanes) is 1. The summed E-state index contributed by atoms with van der Waals surface area (Å²) in [5.41, 5.74) is 2.27. The van der Waals surface area contributed by atoms with Gasteiger partial charge in [-0.2, -0.15) is 10.2 Å². The number of aromatic nitrogens is 1. The number of hydrogen-bond donors (Lipinski definition) is 3. The fraction of sp³-hybridized carbons (Fsp3) is 0.348. The van der Waals surface area contributed by atoms with E-state index in [0.717, 1.165) is 5.56 Å². The molecule has 1 aliphatic carbocycles. The van der Waals surface area contributed by atoms with Gasteiger partial charge < -0.3 is 19.6 Å². The first kappa shape index (κ1) is 26.0. The van der Waals surface area contributed by atoms with Gasteiger partial charge in [0.25, 0.3) is 5.91 Å². The summed E-state index contributed by atoms with van der Waals surface area (Å²) >= 11 is -1.61. The zero-order valence-electron chi connectivity index (χ0n) is 18.8. The molecule has 33 heavy (non-hydrogen) atoms. The van der Waals surface area contributed by atoms with E-state index >= 15 is 0 Å². The Morgan fingerprint density at radius 2 is 2.15 bits per heavy atom. The van der Waals surface area contributed by atoms with Crippen molar-refractivity contribution in [1.82, 2.24) is 10.3 Å². The van der Waals surface area contributed by atoms with Crippen molar-refractivity contribution in [2.24, 2.45) is 0 Å². The van der Waals surface area contributed by atoms with Gasteiger partial charge in [-0.05, 0) is 36.6 Å². The van der Waals surface area contributed by atoms with Crippen LogP contribution in [0.1, 0.15) is 47.9 Å². The average molecular weight is 475 g/mol. The summed E-state index contributed by atoms with van der Waals surface area (Å²) in [5, 5.41) is 15.2. The highest BCUT2D eigenvalue weighted by molar-refractivity contribution is 7.78. The third-order valence-electron chi connectivity index (χ3n) is 4.67. The molecule has 3 rings (SSSR count). The summed E-state index contributed by atoms with van der Waals surface area (Å²) in [6, 6.07) is 4.03. The lowest BCUT2D eigenvalue weighted by atomic mass is 10.0. The number of aryl methyl sites for hydroxylation is 1. The van der Waals surface area contributed by atoms with E-state index in [2.05, 4.69) is 21.7 Å². The van der Waals surface area contributed by atoms with E-state index in [9.17, 15) is 9.18 Å². The summed E-state index contributed by atoms with van der Waals surface area (Å²) in [6.45, 7) is 2.63. The standard InChI is InChI=1S/C22H23FN4O2.CH4O2S/c1-3-14-13-17-18(21(28)25-2)19(15-7-6-8-16(23)10-9-15)29-22(17)27-20(14)26-12-5-4-11-24;1-4(2)3/h6-7,9-10,13H,3-5,8,12H2,1-2H3,(H,25,28)(H,26,27);1H3,(H,2,3). The minimum atomic E-state index is -1.61. The highest BCUT2D eigenvalue weighted by Crippen LogP contribution is 2.34. The van der Waals surface area contributed by atoms with Crippen molar-refractivity contribution in [3.05, 3.63) is 53.1 Å². The first-order valence-electron chi connectivity index (χ1n) is 10.4. The van der Waals surface area contributed by atoms with Crippen molar-refractivity contribution in [3.63, 3.8) is 0 Å². The van der Waals surface area contributed by atoms with Crippen LogP contribution in [0.5, 0.6) is 0 Å². The van der Waals surface area contributed by atoms with E-state index in [1.165, 1.54) is 12.3 Å². The molecule has 0 aromatic carbocycles. The number of carbonyl (C=O) groups excluding carboxylic acids is 1. The Hall–Kier alpha value is -3.29. The van der Waals surface area contributed by atoms with E-state index in [1.54, 1.807) is 25.3 Å². The van der Waals surface area contributed by atoms with Gasteiger partial charge in [-0.3, -0.25) is 4.79 Å². The molecule has 0 saturated heterocycles. The number of fused-ring (bicyclic) bond motifs is 1. The first-order chi connectivity index (χ1) is 15.8. The van der Waals surface area contributed by atoms with Crippen LogP contribution in [0.4, 0.5) is 10.2 Å². The van der Waals surface area contributed by atoms with Crippen molar-refractivity contribution in [2.75, 3.05) is 25.2 Å². The van der Waals surface area contributed by atoms with Crippen LogP contribution in [0.25, 0.3) is 16.7 Å². The van der Waals surface area contributed by atoms with Gasteiger partial charge in [-0.25, -0.2) is 8.60 Å². The highest BCUT2D eigenvalue weighted by Gasteiger charge is 2.24. The Morgan fingerprint density at radius 1 is 1.42 bits per heavy atom. The first-order valence-corrected chi connectivity index (χ1v) is 11.9. The van der Waals surface area contributed by atoms with Gasteiger partial charge in [-0.15, -0.1) is 0 Å². The van der Waals surface area contributed by atoms with Gasteiger partial charge in [0.15, 0.2) is 0 Å². The van der Waals surface area contributed by atoms with E-state index in [4.69, 9.17) is 18.4 Å². The van der Waals surface area contributed by atoms with Crippen LogP contribution in [0.3, 0.4) is 0 Å². The lowest BCUT2D eigenvalue weighted by Gasteiger charge is -2.09. The van der Waals surface area contributed by atoms with Crippen molar-refractivity contribution < 1.29 is 22.4 Å². The molecule has 2 heterocycles. The largest absolute Gasteiger partial charge is 0.437 e. The van der Waals surface area contributed by atoms with Gasteiger partial charge in [0, 0.05) is 38.3 Å². The number of hydrogen-bond acceptors (Lipinski definition) is 6. The summed E-state index contributed by atoms with van der Waals surface area (Å²) in [7, 11) is 1.56. The lowest BCUT2D eigenvalue weighted by Crippen LogP contribution is -2.18. The van der Waals surface area contributed by atoms with Crippen LogP contribution in [0.2, 0.25) is 0 Å². The van der Waals surface area contributed by atoms with E-state index in [-0.39, 0.29) is 18.2 Å². The molecule has 0 bridgehead atoms. The van der Waals surface area contributed by atoms with Crippen LogP contribution in [0, 0.1) is 11.3 Å². The van der Waals surface area contributed by atoms with Crippen LogP contribution >= 0.6 is 0 Å². The summed E-state index contributed by atoms with van der Waals surface area (Å²) in [4.78, 5) is 17.2. The molecule has 10 heteroatoms. The molecule has 8 nitrogen and oxygen atoms in total. The molecule has 0 saturated carbocycles. The molecule has 0 fully saturated rings. The van der Waals surface area contributed by atoms with Gasteiger partial charge in [-0.1, -0.05) is 19.1 Å². The number of nitrogens with one attached hydrogen (secondary N) is 2. The fourth-order valence-corrected chi connectivity index (χ4v) is 3.17. The summed E-state index contributed by atoms with van der Waals surface area (Å²) in [5.74, 6) is 0.486. The number of amides is 1. The second kappa shape index (κ2) is 12.7. The third-order valence-corrected chi connectivity index (χ3v) is 4.67. The molecule has 0 aliphatic heterocycles. The Balaban J connectivity index is 0.000000890. The van der Waals surface area contributed by atoms with Crippen LogP contribution in [-0.2, 0) is 17.5 Å². The van der Waals surface area contributed by atoms with E-state index in [1.807, 2.05) is 13.0 Å². The van der Waals surface area contributed by atoms with Gasteiger partial charge in [0.1, 0.15) is 28.5 Å². The number of pyridine rings is 1. The maximum atomic E-state index is 13.6. The molecule has 1 amide bonds. The summed E-state index contributed by atoms with van der Waals surface area (Å²) in [6.07, 6.45) is 9.70. The predicted octanol–water partition coefficient (Wildman–Crippen LogP) is 4.50. The minimum Gasteiger partial charge on any atom is -0.437 e. The maximum Gasteiger partial charge on any atom is 0.255 e. The van der Waals surface area contributed by atoms with Crippen molar-refractivity contribution >= 4 is 39.5 Å². The zero-order valence-corrected chi connectivity index (χ0v) is 19.6. The third kappa shape index (κ3) is 7.10. The predicted molar refractivity (Wildman–Crippen MR) is 128 cm³/mol. The molecule has 2 aromatic heterocycles. The molecular weight excluding hydrogens is 447 g/mol. The topological polar surface area (TPSA) is 128 Å². The van der Waals surface area contributed by atoms with Gasteiger partial charge in [0.05, 0.1) is 17.0 Å². The molecule has 1 unspecified atom stereocenters. The number of allylic oxidation sites excluding steroid dienone is 6. The molecule has 2 aromatic rings. The molecule has 0 radical (unpaired) electrons. The number of nitriles is 1. The second-order valence-corrected chi connectivity index (χ2v) is 7.89. The van der Waals surface area contributed by atoms with E-state index in [0.29, 0.717) is 59.6 Å². The van der Waals surface area contributed by atoms with Crippen LogP contribution in [0.15, 0.2) is 40.6 Å². The number of halogens is 1. The molecule has 0 spiro atoms. The van der Waals surface area contributed by atoms with Crippen molar-refractivity contribution in [2.45, 2.75) is 32.6 Å². The van der Waals surface area contributed by atoms with Gasteiger partial charge >= 0.3 is 0 Å². The highest BCUT2D eigenvalue weighted by atomic mass is 32.2. The number of furan rings is 1. The smallest absolute Gasteiger partial charge is 0.255 e. The Kier molecular flexibility index (Phi) is 9.97. The fourth-order valence-electron chi connectivity index (χ4n) is 3.17. The van der Waals surface area contributed by atoms with Crippen LogP contribution < -0.4 is 10.6 Å². The van der Waals surface area contributed by atoms with Gasteiger partial charge in [0.2, 0.25) is 5.71 Å². The number of anilines is 1. The normalized spacial score (nSPS) is 13.7. The molecular formula is C23H27FN4O4S. The Bertz CT molecular complexity index is 1160. The summed E-state index contributed by atoms with van der Waals surface area (Å²) < 4.78 is 36.2. The monoisotopic (exact) mass is 474 g/mol. The van der Waals surface area contributed by atoms with Crippen LogP contribution in [-0.4, -0.2) is 39.5 Å². The second-order valence-electron chi connectivity index (χ2n) is 7.04. The van der Waals surface area contributed by atoms with E-state index < -0.39 is 11.1 Å². The SMILES string of the molecule is CCc1cc2c(C(=O)NC)c(C3=CC=C(F)CC=C3)oc2nc1NCCCC#N.CS(=O)O. The molecule has 176 valence electrons. The molecule has 1 atom stereocenters. The minimum absolute atomic E-state index is 0.199. The molecule has 1 aliphatic rings. The Labute approximate surface area is 194 Å².